The van der Waals surface area contributed by atoms with Crippen LogP contribution in [0.4, 0.5) is 17.1 Å². The number of aliphatic hydroxyl groups excluding tert-OH is 1. The van der Waals surface area contributed by atoms with Gasteiger partial charge in [-0.15, -0.1) is 17.7 Å². The number of benzene rings is 4. The number of aliphatic hydroxyl groups is 1. The van der Waals surface area contributed by atoms with E-state index in [1.54, 1.807) is 0 Å². The van der Waals surface area contributed by atoms with Crippen LogP contribution in [0.25, 0.3) is 32.8 Å². The number of carbonyl (C=O) groups excluding carboxylic acids is 1. The van der Waals surface area contributed by atoms with Crippen LogP contribution in [-0.2, 0) is 24.9 Å². The van der Waals surface area contributed by atoms with Gasteiger partial charge in [0.2, 0.25) is 0 Å². The van der Waals surface area contributed by atoms with Gasteiger partial charge in [-0.3, -0.25) is 4.79 Å². The summed E-state index contributed by atoms with van der Waals surface area (Å²) in [5.41, 5.74) is 6.80. The first kappa shape index (κ1) is 25.3. The van der Waals surface area contributed by atoms with Crippen LogP contribution in [0.15, 0.2) is 96.9 Å². The number of nitrogens with zero attached hydrogens (tertiary/aromatic N) is 2. The summed E-state index contributed by atoms with van der Waals surface area (Å²) in [6.45, 7) is 5.01. The Labute approximate surface area is 224 Å². The van der Waals surface area contributed by atoms with E-state index in [1.165, 1.54) is 52.7 Å². The average molecular weight is 650 g/mol. The molecule has 0 bridgehead atoms. The van der Waals surface area contributed by atoms with E-state index >= 15 is 0 Å². The van der Waals surface area contributed by atoms with E-state index in [-0.39, 0.29) is 31.6 Å². The van der Waals surface area contributed by atoms with Crippen LogP contribution in [0.5, 0.6) is 0 Å². The van der Waals surface area contributed by atoms with E-state index in [2.05, 4.69) is 96.8 Å². The fourth-order valence-electron chi connectivity index (χ4n) is 4.67. The monoisotopic (exact) mass is 650 g/mol. The molecule has 1 aliphatic rings. The molecular formula is C31H25IrN2O2-. The largest absolute Gasteiger partial charge is 0.512 e. The number of pyridine rings is 1. The van der Waals surface area contributed by atoms with E-state index in [9.17, 15) is 4.79 Å². The number of anilines is 3. The average Bonchev–Trinajstić information content (AvgIpc) is 2.84. The maximum Gasteiger partial charge on any atom is 0.155 e. The Morgan fingerprint density at radius 2 is 1.69 bits per heavy atom. The molecule has 0 spiro atoms. The van der Waals surface area contributed by atoms with Crippen LogP contribution in [0, 0.1) is 13.0 Å². The molecule has 5 aromatic rings. The Balaban J connectivity index is 0.000000338. The topological polar surface area (TPSA) is 53.4 Å². The third-order valence-electron chi connectivity index (χ3n) is 5.94. The third kappa shape index (κ3) is 4.68. The number of fused-ring (bicyclic) bond motifs is 4. The summed E-state index contributed by atoms with van der Waals surface area (Å²) in [6, 6.07) is 31.3. The summed E-state index contributed by atoms with van der Waals surface area (Å²) in [5, 5.41) is 13.2. The maximum atomic E-state index is 10.0. The number of aryl methyl sites for hydroxylation is 1. The Kier molecular flexibility index (Phi) is 7.35. The number of para-hydroxylation sites is 1. The van der Waals surface area contributed by atoms with Crippen molar-refractivity contribution in [1.29, 1.82) is 0 Å². The van der Waals surface area contributed by atoms with Crippen LogP contribution >= 0.6 is 0 Å². The molecule has 0 fully saturated rings. The normalized spacial score (nSPS) is 11.9. The minimum Gasteiger partial charge on any atom is -0.512 e. The SMILES string of the molecule is CC(=O)/C=C(/C)O.Cc1cc2c3c(nccc3c1)-c1[c-]cc3ccccc3c1N2c1ccccc1.[Ir]. The van der Waals surface area contributed by atoms with E-state index in [1.807, 2.05) is 6.20 Å². The van der Waals surface area contributed by atoms with Gasteiger partial charge in [-0.2, -0.15) is 0 Å². The summed E-state index contributed by atoms with van der Waals surface area (Å²) < 4.78 is 0. The van der Waals surface area contributed by atoms with Gasteiger partial charge < -0.3 is 15.0 Å². The predicted octanol–water partition coefficient (Wildman–Crippen LogP) is 7.98. The van der Waals surface area contributed by atoms with Crippen molar-refractivity contribution in [2.45, 2.75) is 20.8 Å². The predicted molar refractivity (Wildman–Crippen MR) is 144 cm³/mol. The number of hydrogen-bond donors (Lipinski definition) is 1. The Hall–Kier alpha value is -3.79. The second kappa shape index (κ2) is 10.4. The molecular weight excluding hydrogens is 625 g/mol. The Morgan fingerprint density at radius 1 is 0.972 bits per heavy atom. The van der Waals surface area contributed by atoms with Gasteiger partial charge >= 0.3 is 0 Å². The molecule has 181 valence electrons. The molecule has 4 nitrogen and oxygen atoms in total. The van der Waals surface area contributed by atoms with Crippen LogP contribution in [-0.4, -0.2) is 15.9 Å². The van der Waals surface area contributed by atoms with Gasteiger partial charge in [0.15, 0.2) is 5.78 Å². The zero-order chi connectivity index (χ0) is 24.5. The van der Waals surface area contributed by atoms with Crippen molar-refractivity contribution in [2.24, 2.45) is 0 Å². The van der Waals surface area contributed by atoms with E-state index in [0.29, 0.717) is 0 Å². The van der Waals surface area contributed by atoms with Crippen LogP contribution < -0.4 is 4.90 Å². The van der Waals surface area contributed by atoms with E-state index in [4.69, 9.17) is 10.1 Å². The molecule has 0 aliphatic carbocycles. The number of rotatable bonds is 2. The van der Waals surface area contributed by atoms with Gasteiger partial charge in [0.05, 0.1) is 5.76 Å². The standard InChI is InChI=1S/C26H17N2.C5H8O2.Ir/c1-17-15-19-13-14-27-25-22-12-11-18-7-5-6-10-21(18)26(22)28(23(16-17)24(19)25)20-8-3-2-4-9-20;1-4(6)3-5(2)7;/h2-11,13-16H,1H3;3,6H,1-2H3;/q-1;;/b;4-3-;. The summed E-state index contributed by atoms with van der Waals surface area (Å²) >= 11 is 0. The van der Waals surface area contributed by atoms with Crippen molar-refractivity contribution in [1.82, 2.24) is 4.98 Å². The number of allylic oxidation sites excluding steroid dienone is 2. The first-order valence-electron chi connectivity index (χ1n) is 11.5. The minimum absolute atomic E-state index is 0. The molecule has 0 saturated carbocycles. The van der Waals surface area contributed by atoms with Gasteiger partial charge in [-0.1, -0.05) is 59.3 Å². The van der Waals surface area contributed by atoms with Crippen molar-refractivity contribution in [3.63, 3.8) is 0 Å². The van der Waals surface area contributed by atoms with Crippen molar-refractivity contribution >= 4 is 44.4 Å². The molecule has 4 aromatic carbocycles. The van der Waals surface area contributed by atoms with Crippen molar-refractivity contribution in [2.75, 3.05) is 4.90 Å². The first-order chi connectivity index (χ1) is 16.9. The number of hydrogen-bond acceptors (Lipinski definition) is 4. The molecule has 5 heteroatoms. The maximum absolute atomic E-state index is 10.0. The van der Waals surface area contributed by atoms with Gasteiger partial charge in [-0.25, -0.2) is 0 Å². The van der Waals surface area contributed by atoms with Gasteiger partial charge in [-0.05, 0) is 72.8 Å². The fraction of sp³-hybridized carbons (Fsp3) is 0.0968. The van der Waals surface area contributed by atoms with Crippen molar-refractivity contribution < 1.29 is 30.0 Å². The van der Waals surface area contributed by atoms with Crippen LogP contribution in [0.2, 0.25) is 0 Å². The zero-order valence-corrected chi connectivity index (χ0v) is 22.6. The molecule has 1 aromatic heterocycles. The number of ketones is 1. The minimum atomic E-state index is -0.125. The molecule has 6 rings (SSSR count). The van der Waals surface area contributed by atoms with Crippen molar-refractivity contribution in [3.05, 3.63) is 109 Å². The first-order valence-corrected chi connectivity index (χ1v) is 11.5. The van der Waals surface area contributed by atoms with Crippen LogP contribution in [0.3, 0.4) is 0 Å². The molecule has 0 saturated heterocycles. The summed E-state index contributed by atoms with van der Waals surface area (Å²) in [4.78, 5) is 17.2. The second-order valence-electron chi connectivity index (χ2n) is 8.71. The molecule has 1 N–H and O–H groups in total. The van der Waals surface area contributed by atoms with Crippen molar-refractivity contribution in [3.8, 4) is 11.3 Å². The fourth-order valence-corrected chi connectivity index (χ4v) is 4.67. The Bertz CT molecular complexity index is 1610. The summed E-state index contributed by atoms with van der Waals surface area (Å²) in [7, 11) is 0. The Morgan fingerprint density at radius 3 is 2.39 bits per heavy atom. The number of aromatic nitrogens is 1. The third-order valence-corrected chi connectivity index (χ3v) is 5.94. The van der Waals surface area contributed by atoms with Gasteiger partial charge in [0.25, 0.3) is 0 Å². The van der Waals surface area contributed by atoms with Gasteiger partial charge in [0.1, 0.15) is 0 Å². The molecule has 0 atom stereocenters. The second-order valence-corrected chi connectivity index (χ2v) is 8.71. The smallest absolute Gasteiger partial charge is 0.155 e. The molecule has 1 aliphatic heterocycles. The van der Waals surface area contributed by atoms with E-state index < -0.39 is 0 Å². The molecule has 36 heavy (non-hydrogen) atoms. The zero-order valence-electron chi connectivity index (χ0n) is 20.2. The molecule has 1 radical (unpaired) electrons. The molecule has 0 amide bonds. The van der Waals surface area contributed by atoms with E-state index in [0.717, 1.165) is 22.6 Å². The summed E-state index contributed by atoms with van der Waals surface area (Å²) in [6.07, 6.45) is 3.08. The van der Waals surface area contributed by atoms with Gasteiger partial charge in [0, 0.05) is 43.8 Å². The quantitative estimate of drug-likeness (QED) is 0.117. The van der Waals surface area contributed by atoms with Crippen LogP contribution in [0.1, 0.15) is 19.4 Å². The summed E-state index contributed by atoms with van der Waals surface area (Å²) in [5.74, 6) is -0.0625. The number of carbonyl (C=O) groups is 1. The molecule has 0 unspecified atom stereocenters. The molecule has 2 heterocycles.